The van der Waals surface area contributed by atoms with Gasteiger partial charge >= 0.3 is 6.09 Å². The summed E-state index contributed by atoms with van der Waals surface area (Å²) < 4.78 is 28.6. The lowest BCUT2D eigenvalue weighted by Crippen LogP contribution is -2.39. The third-order valence-corrected chi connectivity index (χ3v) is 8.76. The van der Waals surface area contributed by atoms with Crippen molar-refractivity contribution < 1.29 is 22.7 Å². The Kier molecular flexibility index (Phi) is 8.25. The molecule has 0 bridgehead atoms. The van der Waals surface area contributed by atoms with Gasteiger partial charge in [-0.15, -0.1) is 11.3 Å². The Labute approximate surface area is 227 Å². The molecule has 202 valence electrons. The Hall–Kier alpha value is -3.21. The number of ether oxygens (including phenoxy) is 1. The first-order valence-corrected chi connectivity index (χ1v) is 15.0. The molecule has 0 radical (unpaired) electrons. The van der Waals surface area contributed by atoms with Crippen LogP contribution in [-0.2, 0) is 21.1 Å². The molecule has 4 rings (SSSR count). The lowest BCUT2D eigenvalue weighted by Gasteiger charge is -2.26. The maximum absolute atomic E-state index is 12.9. The second kappa shape index (κ2) is 11.3. The van der Waals surface area contributed by atoms with Gasteiger partial charge in [-0.1, -0.05) is 18.2 Å². The molecule has 1 fully saturated rings. The normalized spacial score (nSPS) is 15.6. The van der Waals surface area contributed by atoms with Crippen LogP contribution in [0.3, 0.4) is 0 Å². The molecule has 38 heavy (non-hydrogen) atoms. The molecule has 2 N–H and O–H groups in total. The number of hydrogen-bond acceptors (Lipinski definition) is 7. The highest BCUT2D eigenvalue weighted by molar-refractivity contribution is 7.91. The fourth-order valence-electron chi connectivity index (χ4n) is 4.04. The fourth-order valence-corrected chi connectivity index (χ4v) is 6.30. The third-order valence-electron chi connectivity index (χ3n) is 6.03. The van der Waals surface area contributed by atoms with Crippen LogP contribution in [0.25, 0.3) is 10.4 Å². The molecular formula is C28H33N3O5S2. The molecule has 0 unspecified atom stereocenters. The third kappa shape index (κ3) is 7.66. The van der Waals surface area contributed by atoms with E-state index in [1.165, 1.54) is 11.3 Å². The molecule has 0 spiro atoms. The highest BCUT2D eigenvalue weighted by Crippen LogP contribution is 2.33. The van der Waals surface area contributed by atoms with Gasteiger partial charge in [-0.05, 0) is 80.8 Å². The molecule has 2 heterocycles. The quantitative estimate of drug-likeness (QED) is 0.413. The molecule has 0 atom stereocenters. The van der Waals surface area contributed by atoms with Crippen molar-refractivity contribution in [3.05, 3.63) is 70.6 Å². The van der Waals surface area contributed by atoms with E-state index in [9.17, 15) is 18.0 Å². The highest BCUT2D eigenvalue weighted by atomic mass is 32.2. The van der Waals surface area contributed by atoms with Crippen LogP contribution in [0.2, 0.25) is 0 Å². The van der Waals surface area contributed by atoms with Crippen LogP contribution in [0.15, 0.2) is 54.6 Å². The number of rotatable bonds is 6. The number of sulfone groups is 1. The number of hydrogen-bond donors (Lipinski definition) is 2. The number of benzene rings is 2. The average molecular weight is 556 g/mol. The van der Waals surface area contributed by atoms with Crippen LogP contribution in [0.5, 0.6) is 0 Å². The standard InChI is InChI=1S/C28H33N3O5S2/c1-19-5-8-22(30-27(33)36-28(2,3)4)17-23(19)24-11-12-25(37-24)26(32)29-21-9-6-20(7-10-21)18-31-13-15-38(34,35)16-14-31/h5-12,17H,13-16,18H2,1-4H3,(H,29,32)(H,30,33). The molecule has 0 saturated carbocycles. The van der Waals surface area contributed by atoms with Gasteiger partial charge in [-0.3, -0.25) is 15.0 Å². The number of carbonyl (C=O) groups excluding carboxylic acids is 2. The topological polar surface area (TPSA) is 105 Å². The Balaban J connectivity index is 1.38. The summed E-state index contributed by atoms with van der Waals surface area (Å²) in [5.74, 6) is 0.207. The van der Waals surface area contributed by atoms with Gasteiger partial charge in [0.1, 0.15) is 5.60 Å². The van der Waals surface area contributed by atoms with Gasteiger partial charge < -0.3 is 10.1 Å². The minimum atomic E-state index is -2.90. The Bertz CT molecular complexity index is 1410. The van der Waals surface area contributed by atoms with Gasteiger partial charge in [0.25, 0.3) is 5.91 Å². The molecule has 2 amide bonds. The number of nitrogens with zero attached hydrogens (tertiary/aromatic N) is 1. The van der Waals surface area contributed by atoms with Crippen molar-refractivity contribution in [3.63, 3.8) is 0 Å². The van der Waals surface area contributed by atoms with Crippen LogP contribution in [0.1, 0.15) is 41.6 Å². The largest absolute Gasteiger partial charge is 0.444 e. The maximum Gasteiger partial charge on any atom is 0.412 e. The summed E-state index contributed by atoms with van der Waals surface area (Å²) in [4.78, 5) is 28.7. The summed E-state index contributed by atoms with van der Waals surface area (Å²) >= 11 is 1.38. The minimum Gasteiger partial charge on any atom is -0.444 e. The Morgan fingerprint density at radius 3 is 2.26 bits per heavy atom. The first-order chi connectivity index (χ1) is 17.9. The summed E-state index contributed by atoms with van der Waals surface area (Å²) in [7, 11) is -2.90. The fraction of sp³-hybridized carbons (Fsp3) is 0.357. The zero-order valence-electron chi connectivity index (χ0n) is 22.0. The van der Waals surface area contributed by atoms with Crippen molar-refractivity contribution in [1.29, 1.82) is 0 Å². The van der Waals surface area contributed by atoms with E-state index in [1.54, 1.807) is 6.07 Å². The highest BCUT2D eigenvalue weighted by Gasteiger charge is 2.21. The predicted molar refractivity (Wildman–Crippen MR) is 153 cm³/mol. The minimum absolute atomic E-state index is 0.198. The van der Waals surface area contributed by atoms with Crippen LogP contribution in [0.4, 0.5) is 16.2 Å². The van der Waals surface area contributed by atoms with E-state index in [4.69, 9.17) is 4.74 Å². The lowest BCUT2D eigenvalue weighted by molar-refractivity contribution is 0.0635. The molecule has 1 aromatic heterocycles. The summed E-state index contributed by atoms with van der Waals surface area (Å²) in [6.45, 7) is 9.18. The summed E-state index contributed by atoms with van der Waals surface area (Å²) in [6.07, 6.45) is -0.520. The van der Waals surface area contributed by atoms with Crippen LogP contribution in [-0.4, -0.2) is 55.5 Å². The maximum atomic E-state index is 12.9. The number of carbonyl (C=O) groups is 2. The second-order valence-corrected chi connectivity index (χ2v) is 13.8. The van der Waals surface area contributed by atoms with Crippen LogP contribution >= 0.6 is 11.3 Å². The summed E-state index contributed by atoms with van der Waals surface area (Å²) in [6, 6.07) is 16.9. The van der Waals surface area contributed by atoms with E-state index in [-0.39, 0.29) is 17.4 Å². The van der Waals surface area contributed by atoms with Crippen molar-refractivity contribution >= 4 is 44.5 Å². The zero-order valence-corrected chi connectivity index (χ0v) is 23.7. The van der Waals surface area contributed by atoms with E-state index >= 15 is 0 Å². The first kappa shape index (κ1) is 27.8. The molecule has 1 saturated heterocycles. The number of nitrogens with one attached hydrogen (secondary N) is 2. The van der Waals surface area contributed by atoms with Crippen molar-refractivity contribution in [2.24, 2.45) is 0 Å². The average Bonchev–Trinajstić information content (AvgIpc) is 3.32. The van der Waals surface area contributed by atoms with Crippen molar-refractivity contribution in [2.75, 3.05) is 35.2 Å². The molecular weight excluding hydrogens is 522 g/mol. The molecule has 0 aliphatic carbocycles. The number of aryl methyl sites for hydroxylation is 1. The van der Waals surface area contributed by atoms with Gasteiger partial charge in [0.05, 0.1) is 16.4 Å². The van der Waals surface area contributed by atoms with Gasteiger partial charge in [-0.25, -0.2) is 13.2 Å². The Morgan fingerprint density at radius 2 is 1.61 bits per heavy atom. The van der Waals surface area contributed by atoms with Gasteiger partial charge in [0.15, 0.2) is 9.84 Å². The first-order valence-electron chi connectivity index (χ1n) is 12.4. The number of anilines is 2. The van der Waals surface area contributed by atoms with Crippen molar-refractivity contribution in [2.45, 2.75) is 39.8 Å². The van der Waals surface area contributed by atoms with Gasteiger partial charge in [0.2, 0.25) is 0 Å². The van der Waals surface area contributed by atoms with Crippen LogP contribution < -0.4 is 10.6 Å². The molecule has 3 aromatic rings. The molecule has 8 nitrogen and oxygen atoms in total. The van der Waals surface area contributed by atoms with E-state index in [2.05, 4.69) is 15.5 Å². The van der Waals surface area contributed by atoms with Crippen molar-refractivity contribution in [1.82, 2.24) is 4.90 Å². The SMILES string of the molecule is Cc1ccc(NC(=O)OC(C)(C)C)cc1-c1ccc(C(=O)Nc2ccc(CN3CCS(=O)(=O)CC3)cc2)s1. The predicted octanol–water partition coefficient (Wildman–Crippen LogP) is 5.55. The monoisotopic (exact) mass is 555 g/mol. The smallest absolute Gasteiger partial charge is 0.412 e. The van der Waals surface area contributed by atoms with E-state index in [0.29, 0.717) is 35.9 Å². The van der Waals surface area contributed by atoms with E-state index < -0.39 is 21.5 Å². The van der Waals surface area contributed by atoms with E-state index in [1.807, 2.05) is 76.2 Å². The molecule has 10 heteroatoms. The number of thiophene rings is 1. The zero-order chi connectivity index (χ0) is 27.5. The summed E-state index contributed by atoms with van der Waals surface area (Å²) in [5, 5.41) is 5.71. The summed E-state index contributed by atoms with van der Waals surface area (Å²) in [5.41, 5.74) is 3.73. The molecule has 2 aromatic carbocycles. The van der Waals surface area contributed by atoms with Gasteiger partial charge in [0, 0.05) is 35.9 Å². The number of amides is 2. The van der Waals surface area contributed by atoms with E-state index in [0.717, 1.165) is 21.6 Å². The van der Waals surface area contributed by atoms with Crippen LogP contribution in [0, 0.1) is 6.92 Å². The molecule has 1 aliphatic heterocycles. The van der Waals surface area contributed by atoms with Crippen molar-refractivity contribution in [3.8, 4) is 10.4 Å². The Morgan fingerprint density at radius 1 is 0.947 bits per heavy atom. The molecule has 1 aliphatic rings. The second-order valence-electron chi connectivity index (χ2n) is 10.4. The lowest BCUT2D eigenvalue weighted by atomic mass is 10.1. The van der Waals surface area contributed by atoms with Gasteiger partial charge in [-0.2, -0.15) is 0 Å².